The molecule has 6 heteroatoms. The zero-order valence-corrected chi connectivity index (χ0v) is 16.4. The van der Waals surface area contributed by atoms with Crippen molar-refractivity contribution in [3.8, 4) is 11.6 Å². The highest BCUT2D eigenvalue weighted by Crippen LogP contribution is 2.23. The Morgan fingerprint density at radius 1 is 1.07 bits per heavy atom. The van der Waals surface area contributed by atoms with Gasteiger partial charge in [-0.15, -0.1) is 0 Å². The van der Waals surface area contributed by atoms with Crippen LogP contribution in [0.2, 0.25) is 0 Å². The van der Waals surface area contributed by atoms with Gasteiger partial charge in [0.2, 0.25) is 5.88 Å². The van der Waals surface area contributed by atoms with E-state index in [1.165, 1.54) is 5.56 Å². The number of nitrogens with one attached hydrogen (secondary N) is 1. The van der Waals surface area contributed by atoms with Crippen LogP contribution in [-0.2, 0) is 0 Å². The lowest BCUT2D eigenvalue weighted by molar-refractivity contribution is 0.429. The molecule has 0 aliphatic rings. The van der Waals surface area contributed by atoms with Gasteiger partial charge in [-0.05, 0) is 49.1 Å². The summed E-state index contributed by atoms with van der Waals surface area (Å²) in [7, 11) is 0. The average Bonchev–Trinajstić information content (AvgIpc) is 2.63. The monoisotopic (exact) mass is 377 g/mol. The van der Waals surface area contributed by atoms with Gasteiger partial charge in [0.05, 0.1) is 17.1 Å². The SMILES string of the molecule is CC(=Nc1ccc(C(C)C)cc1)c1c(O)n(-c2ccccc2C)c(=O)[nH]c1=O. The number of para-hydroxylation sites is 1. The topological polar surface area (TPSA) is 87.4 Å². The zero-order chi connectivity index (χ0) is 20.4. The molecule has 0 spiro atoms. The van der Waals surface area contributed by atoms with E-state index in [1.807, 2.05) is 43.3 Å². The van der Waals surface area contributed by atoms with Crippen LogP contribution in [0.25, 0.3) is 5.69 Å². The molecule has 0 bridgehead atoms. The molecule has 0 amide bonds. The highest BCUT2D eigenvalue weighted by Gasteiger charge is 2.18. The molecule has 3 aromatic rings. The number of aryl methyl sites for hydroxylation is 1. The quantitative estimate of drug-likeness (QED) is 0.678. The summed E-state index contributed by atoms with van der Waals surface area (Å²) in [5, 5.41) is 10.8. The fourth-order valence-electron chi connectivity index (χ4n) is 3.07. The molecule has 6 nitrogen and oxygen atoms in total. The standard InChI is InChI=1S/C22H23N3O3/c1-13(2)16-9-11-17(12-10-16)23-15(4)19-20(26)24-22(28)25(21(19)27)18-8-6-5-7-14(18)3/h5-13,27H,1-4H3,(H,24,26,28). The fourth-order valence-corrected chi connectivity index (χ4v) is 3.07. The minimum absolute atomic E-state index is 0.0317. The van der Waals surface area contributed by atoms with Crippen molar-refractivity contribution in [1.82, 2.24) is 9.55 Å². The summed E-state index contributed by atoms with van der Waals surface area (Å²) >= 11 is 0. The Labute approximate surface area is 162 Å². The molecule has 0 unspecified atom stereocenters. The van der Waals surface area contributed by atoms with E-state index in [-0.39, 0.29) is 5.56 Å². The van der Waals surface area contributed by atoms with Gasteiger partial charge in [0.1, 0.15) is 5.56 Å². The molecular formula is C22H23N3O3. The molecule has 0 radical (unpaired) electrons. The third-order valence-corrected chi connectivity index (χ3v) is 4.66. The van der Waals surface area contributed by atoms with Crippen LogP contribution < -0.4 is 11.2 Å². The maximum atomic E-state index is 12.4. The molecule has 0 atom stereocenters. The summed E-state index contributed by atoms with van der Waals surface area (Å²) in [5.74, 6) is -0.0215. The van der Waals surface area contributed by atoms with Gasteiger partial charge >= 0.3 is 5.69 Å². The summed E-state index contributed by atoms with van der Waals surface area (Å²) in [5.41, 5.74) is 2.05. The average molecular weight is 377 g/mol. The van der Waals surface area contributed by atoms with E-state index in [0.29, 0.717) is 23.0 Å². The molecule has 3 rings (SSSR count). The van der Waals surface area contributed by atoms with Gasteiger partial charge in [-0.3, -0.25) is 14.8 Å². The number of aromatic amines is 1. The van der Waals surface area contributed by atoms with Crippen molar-refractivity contribution in [2.24, 2.45) is 4.99 Å². The van der Waals surface area contributed by atoms with Crippen LogP contribution in [0.3, 0.4) is 0 Å². The Morgan fingerprint density at radius 3 is 2.32 bits per heavy atom. The third kappa shape index (κ3) is 3.67. The molecule has 0 fully saturated rings. The number of benzene rings is 2. The van der Waals surface area contributed by atoms with E-state index in [0.717, 1.165) is 10.1 Å². The lowest BCUT2D eigenvalue weighted by Gasteiger charge is -2.13. The second kappa shape index (κ2) is 7.68. The highest BCUT2D eigenvalue weighted by molar-refractivity contribution is 6.01. The second-order valence-corrected chi connectivity index (χ2v) is 7.02. The largest absolute Gasteiger partial charge is 0.493 e. The van der Waals surface area contributed by atoms with Crippen LogP contribution in [0.5, 0.6) is 5.88 Å². The summed E-state index contributed by atoms with van der Waals surface area (Å²) < 4.78 is 1.09. The lowest BCUT2D eigenvalue weighted by atomic mass is 10.0. The summed E-state index contributed by atoms with van der Waals surface area (Å²) in [6.45, 7) is 7.67. The molecule has 0 aliphatic heterocycles. The summed E-state index contributed by atoms with van der Waals surface area (Å²) in [6.07, 6.45) is 0. The Kier molecular flexibility index (Phi) is 5.31. The number of hydrogen-bond acceptors (Lipinski definition) is 4. The molecule has 0 saturated carbocycles. The van der Waals surface area contributed by atoms with Crippen molar-refractivity contribution >= 4 is 11.4 Å². The van der Waals surface area contributed by atoms with Gasteiger partial charge < -0.3 is 5.11 Å². The van der Waals surface area contributed by atoms with E-state index < -0.39 is 17.1 Å². The predicted molar refractivity (Wildman–Crippen MR) is 111 cm³/mol. The maximum Gasteiger partial charge on any atom is 0.335 e. The highest BCUT2D eigenvalue weighted by atomic mass is 16.3. The van der Waals surface area contributed by atoms with Crippen LogP contribution in [-0.4, -0.2) is 20.4 Å². The molecule has 1 heterocycles. The fraction of sp³-hybridized carbons (Fsp3) is 0.227. The number of aliphatic imine (C=N–C) groups is 1. The van der Waals surface area contributed by atoms with Gasteiger partial charge in [-0.1, -0.05) is 44.2 Å². The first-order chi connectivity index (χ1) is 13.3. The Hall–Kier alpha value is -3.41. The Morgan fingerprint density at radius 2 is 1.71 bits per heavy atom. The number of nitrogens with zero attached hydrogens (tertiary/aromatic N) is 2. The smallest absolute Gasteiger partial charge is 0.335 e. The van der Waals surface area contributed by atoms with Crippen LogP contribution >= 0.6 is 0 Å². The molecule has 0 saturated heterocycles. The third-order valence-electron chi connectivity index (χ3n) is 4.66. The molecule has 0 aliphatic carbocycles. The van der Waals surface area contributed by atoms with Gasteiger partial charge in [-0.25, -0.2) is 9.36 Å². The summed E-state index contributed by atoms with van der Waals surface area (Å²) in [4.78, 5) is 31.5. The molecule has 2 aromatic carbocycles. The van der Waals surface area contributed by atoms with Crippen molar-refractivity contribution in [2.75, 3.05) is 0 Å². The zero-order valence-electron chi connectivity index (χ0n) is 16.4. The number of H-pyrrole nitrogens is 1. The Balaban J connectivity index is 2.14. The van der Waals surface area contributed by atoms with Crippen molar-refractivity contribution in [1.29, 1.82) is 0 Å². The summed E-state index contributed by atoms with van der Waals surface area (Å²) in [6, 6.07) is 14.8. The van der Waals surface area contributed by atoms with Crippen molar-refractivity contribution in [2.45, 2.75) is 33.6 Å². The van der Waals surface area contributed by atoms with Crippen molar-refractivity contribution in [3.05, 3.63) is 86.1 Å². The predicted octanol–water partition coefficient (Wildman–Crippen LogP) is 3.80. The number of aromatic hydroxyl groups is 1. The number of rotatable bonds is 4. The number of aromatic nitrogens is 2. The van der Waals surface area contributed by atoms with Gasteiger partial charge in [-0.2, -0.15) is 0 Å². The van der Waals surface area contributed by atoms with Crippen molar-refractivity contribution in [3.63, 3.8) is 0 Å². The van der Waals surface area contributed by atoms with E-state index in [1.54, 1.807) is 19.1 Å². The van der Waals surface area contributed by atoms with E-state index in [9.17, 15) is 14.7 Å². The minimum atomic E-state index is -0.699. The molecule has 2 N–H and O–H groups in total. The first-order valence-corrected chi connectivity index (χ1v) is 9.09. The Bertz CT molecular complexity index is 1150. The maximum absolute atomic E-state index is 12.4. The van der Waals surface area contributed by atoms with Crippen molar-refractivity contribution < 1.29 is 5.11 Å². The first kappa shape index (κ1) is 19.4. The normalized spacial score (nSPS) is 11.8. The first-order valence-electron chi connectivity index (χ1n) is 9.09. The van der Waals surface area contributed by atoms with E-state index >= 15 is 0 Å². The van der Waals surface area contributed by atoms with E-state index in [2.05, 4.69) is 23.8 Å². The molecular weight excluding hydrogens is 354 g/mol. The second-order valence-electron chi connectivity index (χ2n) is 7.02. The van der Waals surface area contributed by atoms with Gasteiger partial charge in [0.15, 0.2) is 0 Å². The number of hydrogen-bond donors (Lipinski definition) is 2. The van der Waals surface area contributed by atoms with Gasteiger partial charge in [0.25, 0.3) is 5.56 Å². The lowest BCUT2D eigenvalue weighted by Crippen LogP contribution is -2.33. The van der Waals surface area contributed by atoms with Crippen LogP contribution in [0.15, 0.2) is 63.1 Å². The van der Waals surface area contributed by atoms with E-state index in [4.69, 9.17) is 0 Å². The van der Waals surface area contributed by atoms with Crippen LogP contribution in [0.4, 0.5) is 5.69 Å². The molecule has 28 heavy (non-hydrogen) atoms. The van der Waals surface area contributed by atoms with Crippen LogP contribution in [0.1, 0.15) is 43.4 Å². The van der Waals surface area contributed by atoms with Gasteiger partial charge in [0, 0.05) is 0 Å². The minimum Gasteiger partial charge on any atom is -0.493 e. The van der Waals surface area contributed by atoms with Crippen LogP contribution in [0, 0.1) is 6.92 Å². The molecule has 144 valence electrons. The molecule has 1 aromatic heterocycles.